The van der Waals surface area contributed by atoms with Crippen LogP contribution in [0.5, 0.6) is 0 Å². The van der Waals surface area contributed by atoms with Crippen molar-refractivity contribution in [1.82, 2.24) is 9.62 Å². The van der Waals surface area contributed by atoms with E-state index in [9.17, 15) is 8.42 Å². The van der Waals surface area contributed by atoms with Crippen LogP contribution in [-0.4, -0.2) is 45.2 Å². The summed E-state index contributed by atoms with van der Waals surface area (Å²) in [4.78, 5) is 0. The SMILES string of the molecule is CCCC(C)CS(=O)(=O)N1CCCC(CNC)C1. The minimum atomic E-state index is -3.05. The molecule has 1 fully saturated rings. The molecule has 108 valence electrons. The van der Waals surface area contributed by atoms with Crippen molar-refractivity contribution in [2.45, 2.75) is 39.5 Å². The minimum absolute atomic E-state index is 0.268. The van der Waals surface area contributed by atoms with Gasteiger partial charge in [0.15, 0.2) is 0 Å². The standard InChI is InChI=1S/C13H28N2O2S/c1-4-6-12(2)11-18(16,17)15-8-5-7-13(10-15)9-14-3/h12-14H,4-11H2,1-3H3. The number of piperidine rings is 1. The maximum Gasteiger partial charge on any atom is 0.214 e. The maximum absolute atomic E-state index is 12.3. The van der Waals surface area contributed by atoms with Crippen molar-refractivity contribution in [2.24, 2.45) is 11.8 Å². The van der Waals surface area contributed by atoms with Crippen LogP contribution in [0.1, 0.15) is 39.5 Å². The summed E-state index contributed by atoms with van der Waals surface area (Å²) in [5, 5.41) is 3.15. The van der Waals surface area contributed by atoms with E-state index in [-0.39, 0.29) is 5.92 Å². The van der Waals surface area contributed by atoms with Crippen LogP contribution < -0.4 is 5.32 Å². The van der Waals surface area contributed by atoms with Crippen LogP contribution in [0.15, 0.2) is 0 Å². The summed E-state index contributed by atoms with van der Waals surface area (Å²) in [6.45, 7) is 6.46. The molecule has 0 saturated carbocycles. The molecule has 0 amide bonds. The Balaban J connectivity index is 2.55. The first kappa shape index (κ1) is 15.9. The second-order valence-electron chi connectivity index (χ2n) is 5.60. The van der Waals surface area contributed by atoms with Gasteiger partial charge in [0.25, 0.3) is 0 Å². The van der Waals surface area contributed by atoms with Gasteiger partial charge in [0.2, 0.25) is 10.0 Å². The predicted molar refractivity (Wildman–Crippen MR) is 76.1 cm³/mol. The fourth-order valence-electron chi connectivity index (χ4n) is 2.78. The van der Waals surface area contributed by atoms with Crippen molar-refractivity contribution in [1.29, 1.82) is 0 Å². The Kier molecular flexibility index (Phi) is 6.60. The van der Waals surface area contributed by atoms with Gasteiger partial charge in [0, 0.05) is 13.1 Å². The van der Waals surface area contributed by atoms with Crippen molar-refractivity contribution < 1.29 is 8.42 Å². The third-order valence-electron chi connectivity index (χ3n) is 3.64. The van der Waals surface area contributed by atoms with Crippen molar-refractivity contribution in [3.05, 3.63) is 0 Å². The highest BCUT2D eigenvalue weighted by atomic mass is 32.2. The Labute approximate surface area is 112 Å². The Morgan fingerprint density at radius 3 is 2.78 bits per heavy atom. The van der Waals surface area contributed by atoms with Gasteiger partial charge < -0.3 is 5.32 Å². The molecule has 18 heavy (non-hydrogen) atoms. The average molecular weight is 276 g/mol. The van der Waals surface area contributed by atoms with E-state index in [0.717, 1.165) is 32.2 Å². The number of nitrogens with zero attached hydrogens (tertiary/aromatic N) is 1. The highest BCUT2D eigenvalue weighted by Gasteiger charge is 2.29. The Morgan fingerprint density at radius 2 is 2.17 bits per heavy atom. The second-order valence-corrected chi connectivity index (χ2v) is 7.61. The number of sulfonamides is 1. The summed E-state index contributed by atoms with van der Waals surface area (Å²) >= 11 is 0. The van der Waals surface area contributed by atoms with E-state index in [2.05, 4.69) is 12.2 Å². The number of hydrogen-bond acceptors (Lipinski definition) is 3. The number of rotatable bonds is 7. The molecule has 2 unspecified atom stereocenters. The van der Waals surface area contributed by atoms with Gasteiger partial charge in [-0.15, -0.1) is 0 Å². The van der Waals surface area contributed by atoms with Crippen LogP contribution in [0.25, 0.3) is 0 Å². The van der Waals surface area contributed by atoms with E-state index in [1.54, 1.807) is 4.31 Å². The molecule has 1 rings (SSSR count). The molecule has 0 aliphatic carbocycles. The molecular weight excluding hydrogens is 248 g/mol. The first-order valence-corrected chi connectivity index (χ1v) is 8.73. The zero-order valence-corrected chi connectivity index (χ0v) is 12.8. The Hall–Kier alpha value is -0.130. The molecule has 0 aromatic carbocycles. The molecule has 0 aromatic rings. The molecular formula is C13H28N2O2S. The van der Waals surface area contributed by atoms with Gasteiger partial charge in [-0.2, -0.15) is 0 Å². The normalized spacial score (nSPS) is 24.1. The van der Waals surface area contributed by atoms with Crippen molar-refractivity contribution in [3.8, 4) is 0 Å². The zero-order chi connectivity index (χ0) is 13.6. The Bertz CT molecular complexity index is 328. The van der Waals surface area contributed by atoms with Crippen LogP contribution >= 0.6 is 0 Å². The largest absolute Gasteiger partial charge is 0.319 e. The molecule has 0 bridgehead atoms. The molecule has 1 saturated heterocycles. The summed E-state index contributed by atoms with van der Waals surface area (Å²) in [5.74, 6) is 1.05. The van der Waals surface area contributed by atoms with E-state index in [4.69, 9.17) is 0 Å². The summed E-state index contributed by atoms with van der Waals surface area (Å²) in [5.41, 5.74) is 0. The van der Waals surface area contributed by atoms with Gasteiger partial charge >= 0.3 is 0 Å². The van der Waals surface area contributed by atoms with Gasteiger partial charge in [-0.25, -0.2) is 12.7 Å². The van der Waals surface area contributed by atoms with Gasteiger partial charge in [-0.1, -0.05) is 20.3 Å². The summed E-state index contributed by atoms with van der Waals surface area (Å²) < 4.78 is 26.4. The molecule has 1 heterocycles. The topological polar surface area (TPSA) is 49.4 Å². The van der Waals surface area contributed by atoms with Crippen LogP contribution in [-0.2, 0) is 10.0 Å². The van der Waals surface area contributed by atoms with Gasteiger partial charge in [0.1, 0.15) is 0 Å². The summed E-state index contributed by atoms with van der Waals surface area (Å²) in [6.07, 6.45) is 4.18. The molecule has 5 heteroatoms. The highest BCUT2D eigenvalue weighted by Crippen LogP contribution is 2.21. The summed E-state index contributed by atoms with van der Waals surface area (Å²) in [7, 11) is -1.12. The molecule has 1 aliphatic heterocycles. The van der Waals surface area contributed by atoms with E-state index in [1.807, 2.05) is 14.0 Å². The fourth-order valence-corrected chi connectivity index (χ4v) is 4.72. The lowest BCUT2D eigenvalue weighted by Gasteiger charge is -2.32. The molecule has 1 aliphatic rings. The maximum atomic E-state index is 12.3. The molecule has 0 spiro atoms. The number of hydrogen-bond donors (Lipinski definition) is 1. The van der Waals surface area contributed by atoms with Crippen molar-refractivity contribution >= 4 is 10.0 Å². The molecule has 0 radical (unpaired) electrons. The highest BCUT2D eigenvalue weighted by molar-refractivity contribution is 7.89. The smallest absolute Gasteiger partial charge is 0.214 e. The molecule has 4 nitrogen and oxygen atoms in total. The summed E-state index contributed by atoms with van der Waals surface area (Å²) in [6, 6.07) is 0. The van der Waals surface area contributed by atoms with E-state index in [0.29, 0.717) is 24.8 Å². The molecule has 0 aromatic heterocycles. The molecule has 1 N–H and O–H groups in total. The van der Waals surface area contributed by atoms with E-state index >= 15 is 0 Å². The minimum Gasteiger partial charge on any atom is -0.319 e. The van der Waals surface area contributed by atoms with Crippen molar-refractivity contribution in [3.63, 3.8) is 0 Å². The lowest BCUT2D eigenvalue weighted by Crippen LogP contribution is -2.44. The third-order valence-corrected chi connectivity index (χ3v) is 5.75. The average Bonchev–Trinajstić information content (AvgIpc) is 2.29. The van der Waals surface area contributed by atoms with Gasteiger partial charge in [0.05, 0.1) is 5.75 Å². The third kappa shape index (κ3) is 4.86. The lowest BCUT2D eigenvalue weighted by molar-refractivity contribution is 0.262. The first-order chi connectivity index (χ1) is 8.49. The van der Waals surface area contributed by atoms with Crippen molar-refractivity contribution in [2.75, 3.05) is 32.4 Å². The van der Waals surface area contributed by atoms with Crippen LogP contribution in [0.2, 0.25) is 0 Å². The van der Waals surface area contributed by atoms with E-state index in [1.165, 1.54) is 0 Å². The quantitative estimate of drug-likeness (QED) is 0.770. The van der Waals surface area contributed by atoms with Crippen LogP contribution in [0, 0.1) is 11.8 Å². The van der Waals surface area contributed by atoms with Gasteiger partial charge in [-0.05, 0) is 44.7 Å². The van der Waals surface area contributed by atoms with Crippen LogP contribution in [0.3, 0.4) is 0 Å². The number of nitrogens with one attached hydrogen (secondary N) is 1. The fraction of sp³-hybridized carbons (Fsp3) is 1.00. The van der Waals surface area contributed by atoms with Gasteiger partial charge in [-0.3, -0.25) is 0 Å². The van der Waals surface area contributed by atoms with Crippen LogP contribution in [0.4, 0.5) is 0 Å². The second kappa shape index (κ2) is 7.46. The lowest BCUT2D eigenvalue weighted by atomic mass is 10.00. The predicted octanol–water partition coefficient (Wildman–Crippen LogP) is 1.68. The van der Waals surface area contributed by atoms with E-state index < -0.39 is 10.0 Å². The Morgan fingerprint density at radius 1 is 1.44 bits per heavy atom. The first-order valence-electron chi connectivity index (χ1n) is 7.12. The zero-order valence-electron chi connectivity index (χ0n) is 12.0. The molecule has 2 atom stereocenters. The monoisotopic (exact) mass is 276 g/mol.